The van der Waals surface area contributed by atoms with Crippen molar-refractivity contribution in [1.82, 2.24) is 4.98 Å². The molecule has 1 aliphatic rings. The maximum absolute atomic E-state index is 5.80. The van der Waals surface area contributed by atoms with Crippen molar-refractivity contribution in [3.05, 3.63) is 58.9 Å². The molecule has 1 heterocycles. The van der Waals surface area contributed by atoms with E-state index in [0.29, 0.717) is 11.2 Å². The summed E-state index contributed by atoms with van der Waals surface area (Å²) in [7, 11) is 0. The van der Waals surface area contributed by atoms with Crippen molar-refractivity contribution in [2.75, 3.05) is 5.32 Å². The van der Waals surface area contributed by atoms with E-state index in [0.717, 1.165) is 5.69 Å². The van der Waals surface area contributed by atoms with E-state index in [1.54, 1.807) is 6.20 Å². The van der Waals surface area contributed by atoms with Gasteiger partial charge in [-0.05, 0) is 42.5 Å². The summed E-state index contributed by atoms with van der Waals surface area (Å²) >= 11 is 5.80. The lowest BCUT2D eigenvalue weighted by molar-refractivity contribution is 0.600. The first kappa shape index (κ1) is 11.5. The van der Waals surface area contributed by atoms with E-state index in [1.807, 2.05) is 12.1 Å². The van der Waals surface area contributed by atoms with Crippen LogP contribution < -0.4 is 5.32 Å². The fraction of sp³-hybridized carbons (Fsp3) is 0.267. The van der Waals surface area contributed by atoms with Gasteiger partial charge in [-0.2, -0.15) is 0 Å². The van der Waals surface area contributed by atoms with Crippen LogP contribution in [0.5, 0.6) is 0 Å². The van der Waals surface area contributed by atoms with Gasteiger partial charge in [0.25, 0.3) is 0 Å². The van der Waals surface area contributed by atoms with Crippen molar-refractivity contribution < 1.29 is 0 Å². The zero-order valence-electron chi connectivity index (χ0n) is 10.1. The van der Waals surface area contributed by atoms with Gasteiger partial charge in [-0.15, -0.1) is 0 Å². The fourth-order valence-electron chi connectivity index (χ4n) is 2.57. The summed E-state index contributed by atoms with van der Waals surface area (Å²) in [6, 6.07) is 12.9. The molecule has 2 nitrogen and oxygen atoms in total. The predicted octanol–water partition coefficient (Wildman–Crippen LogP) is 4.22. The molecule has 0 aliphatic heterocycles. The smallest absolute Gasteiger partial charge is 0.129 e. The van der Waals surface area contributed by atoms with Crippen molar-refractivity contribution >= 4 is 17.3 Å². The average Bonchev–Trinajstić information content (AvgIpc) is 2.42. The van der Waals surface area contributed by atoms with Crippen LogP contribution in [0, 0.1) is 0 Å². The molecule has 0 saturated heterocycles. The van der Waals surface area contributed by atoms with Gasteiger partial charge in [0.1, 0.15) is 5.15 Å². The van der Waals surface area contributed by atoms with Gasteiger partial charge in [-0.25, -0.2) is 4.98 Å². The van der Waals surface area contributed by atoms with Crippen molar-refractivity contribution in [1.29, 1.82) is 0 Å². The van der Waals surface area contributed by atoms with Crippen LogP contribution in [0.25, 0.3) is 0 Å². The summed E-state index contributed by atoms with van der Waals surface area (Å²) in [6.07, 6.45) is 5.38. The van der Waals surface area contributed by atoms with Gasteiger partial charge >= 0.3 is 0 Å². The van der Waals surface area contributed by atoms with E-state index in [1.165, 1.54) is 30.4 Å². The standard InChI is InChI=1S/C15H15ClN2/c16-15-9-8-12(10-17-15)18-14-7-3-5-11-4-1-2-6-13(11)14/h1-2,4,6,8-10,14,18H,3,5,7H2. The molecule has 1 aromatic heterocycles. The first-order valence-electron chi connectivity index (χ1n) is 6.29. The second-order valence-corrected chi connectivity index (χ2v) is 5.04. The highest BCUT2D eigenvalue weighted by Crippen LogP contribution is 2.32. The third-order valence-corrected chi connectivity index (χ3v) is 3.66. The largest absolute Gasteiger partial charge is 0.377 e. The van der Waals surface area contributed by atoms with Crippen LogP contribution in [0.15, 0.2) is 42.6 Å². The molecular weight excluding hydrogens is 244 g/mol. The number of fused-ring (bicyclic) bond motifs is 1. The van der Waals surface area contributed by atoms with Gasteiger partial charge in [0.2, 0.25) is 0 Å². The topological polar surface area (TPSA) is 24.9 Å². The number of rotatable bonds is 2. The molecule has 0 spiro atoms. The highest BCUT2D eigenvalue weighted by molar-refractivity contribution is 6.29. The Bertz CT molecular complexity index is 536. The molecule has 1 unspecified atom stereocenters. The number of nitrogens with one attached hydrogen (secondary N) is 1. The number of halogens is 1. The lowest BCUT2D eigenvalue weighted by Gasteiger charge is -2.27. The van der Waals surface area contributed by atoms with Crippen LogP contribution in [0.3, 0.4) is 0 Å². The first-order chi connectivity index (χ1) is 8.83. The van der Waals surface area contributed by atoms with Crippen LogP contribution in [0.2, 0.25) is 5.15 Å². The van der Waals surface area contributed by atoms with Gasteiger partial charge in [0.15, 0.2) is 0 Å². The Balaban J connectivity index is 1.84. The highest BCUT2D eigenvalue weighted by atomic mass is 35.5. The van der Waals surface area contributed by atoms with E-state index in [9.17, 15) is 0 Å². The third kappa shape index (κ3) is 2.34. The molecule has 1 aliphatic carbocycles. The number of pyridine rings is 1. The second kappa shape index (κ2) is 4.99. The molecule has 2 aromatic rings. The molecule has 0 bridgehead atoms. The lowest BCUT2D eigenvalue weighted by atomic mass is 9.87. The zero-order chi connectivity index (χ0) is 12.4. The summed E-state index contributed by atoms with van der Waals surface area (Å²) in [4.78, 5) is 4.10. The normalized spacial score (nSPS) is 18.2. The predicted molar refractivity (Wildman–Crippen MR) is 75.0 cm³/mol. The van der Waals surface area contributed by atoms with Crippen LogP contribution >= 0.6 is 11.6 Å². The number of aromatic nitrogens is 1. The molecule has 3 heteroatoms. The van der Waals surface area contributed by atoms with E-state index in [4.69, 9.17) is 11.6 Å². The molecule has 1 aromatic carbocycles. The minimum atomic E-state index is 0.387. The Kier molecular flexibility index (Phi) is 3.20. The second-order valence-electron chi connectivity index (χ2n) is 4.66. The molecule has 0 radical (unpaired) electrons. The minimum absolute atomic E-state index is 0.387. The summed E-state index contributed by atoms with van der Waals surface area (Å²) < 4.78 is 0. The summed E-state index contributed by atoms with van der Waals surface area (Å²) in [5.41, 5.74) is 3.91. The maximum atomic E-state index is 5.80. The number of hydrogen-bond donors (Lipinski definition) is 1. The first-order valence-corrected chi connectivity index (χ1v) is 6.66. The molecule has 92 valence electrons. The molecule has 18 heavy (non-hydrogen) atoms. The molecule has 0 fully saturated rings. The Hall–Kier alpha value is -1.54. The van der Waals surface area contributed by atoms with Crippen molar-refractivity contribution in [2.45, 2.75) is 25.3 Å². The van der Waals surface area contributed by atoms with E-state index >= 15 is 0 Å². The average molecular weight is 259 g/mol. The molecule has 0 saturated carbocycles. The lowest BCUT2D eigenvalue weighted by Crippen LogP contribution is -2.17. The van der Waals surface area contributed by atoms with E-state index < -0.39 is 0 Å². The number of aryl methyl sites for hydroxylation is 1. The van der Waals surface area contributed by atoms with Crippen molar-refractivity contribution in [3.63, 3.8) is 0 Å². The number of benzene rings is 1. The molecule has 0 amide bonds. The van der Waals surface area contributed by atoms with Crippen molar-refractivity contribution in [2.24, 2.45) is 0 Å². The monoisotopic (exact) mass is 258 g/mol. The van der Waals surface area contributed by atoms with Crippen LogP contribution in [0.1, 0.15) is 30.0 Å². The zero-order valence-corrected chi connectivity index (χ0v) is 10.8. The van der Waals surface area contributed by atoms with Crippen LogP contribution in [-0.2, 0) is 6.42 Å². The Morgan fingerprint density at radius 1 is 1.17 bits per heavy atom. The third-order valence-electron chi connectivity index (χ3n) is 3.44. The minimum Gasteiger partial charge on any atom is -0.377 e. The SMILES string of the molecule is Clc1ccc(NC2CCCc3ccccc32)cn1. The highest BCUT2D eigenvalue weighted by Gasteiger charge is 2.19. The Labute approximate surface area is 112 Å². The Morgan fingerprint density at radius 2 is 2.06 bits per heavy atom. The summed E-state index contributed by atoms with van der Waals surface area (Å²) in [5, 5.41) is 4.08. The van der Waals surface area contributed by atoms with E-state index in [2.05, 4.69) is 34.6 Å². The van der Waals surface area contributed by atoms with Gasteiger partial charge in [-0.1, -0.05) is 35.9 Å². The summed E-state index contributed by atoms with van der Waals surface area (Å²) in [5.74, 6) is 0. The Morgan fingerprint density at radius 3 is 2.89 bits per heavy atom. The number of nitrogens with zero attached hydrogens (tertiary/aromatic N) is 1. The summed E-state index contributed by atoms with van der Waals surface area (Å²) in [6.45, 7) is 0. The van der Waals surface area contributed by atoms with Gasteiger partial charge in [-0.3, -0.25) is 0 Å². The quantitative estimate of drug-likeness (QED) is 0.816. The number of hydrogen-bond acceptors (Lipinski definition) is 2. The van der Waals surface area contributed by atoms with Crippen LogP contribution in [0.4, 0.5) is 5.69 Å². The molecule has 3 rings (SSSR count). The van der Waals surface area contributed by atoms with E-state index in [-0.39, 0.29) is 0 Å². The molecule has 1 N–H and O–H groups in total. The maximum Gasteiger partial charge on any atom is 0.129 e. The van der Waals surface area contributed by atoms with Gasteiger partial charge in [0.05, 0.1) is 17.9 Å². The van der Waals surface area contributed by atoms with Crippen LogP contribution in [-0.4, -0.2) is 4.98 Å². The number of anilines is 1. The molecule has 1 atom stereocenters. The van der Waals surface area contributed by atoms with Gasteiger partial charge in [0, 0.05) is 0 Å². The molecular formula is C15H15ClN2. The van der Waals surface area contributed by atoms with Crippen molar-refractivity contribution in [3.8, 4) is 0 Å². The fourth-order valence-corrected chi connectivity index (χ4v) is 2.68. The van der Waals surface area contributed by atoms with Gasteiger partial charge < -0.3 is 5.32 Å².